The number of hydrogen-bond acceptors (Lipinski definition) is 4. The molecule has 0 aliphatic heterocycles. The first-order valence-corrected chi connectivity index (χ1v) is 5.37. The van der Waals surface area contributed by atoms with Gasteiger partial charge in [0.1, 0.15) is 12.4 Å². The molecule has 0 spiro atoms. The Hall–Kier alpha value is -1.30. The van der Waals surface area contributed by atoms with E-state index < -0.39 is 5.97 Å². The Morgan fingerprint density at radius 3 is 2.71 bits per heavy atom. The van der Waals surface area contributed by atoms with E-state index in [2.05, 4.69) is 0 Å². The van der Waals surface area contributed by atoms with E-state index in [1.165, 1.54) is 12.1 Å². The Morgan fingerprint density at radius 2 is 2.06 bits per heavy atom. The zero-order valence-corrected chi connectivity index (χ0v) is 9.81. The van der Waals surface area contributed by atoms with Gasteiger partial charge in [0.25, 0.3) is 0 Å². The van der Waals surface area contributed by atoms with Gasteiger partial charge in [-0.05, 0) is 18.2 Å². The number of ether oxygens (including phenoxy) is 2. The van der Waals surface area contributed by atoms with Gasteiger partial charge in [-0.15, -0.1) is 0 Å². The SMILES string of the molecule is O=C(O)c1cc(OCCOCCO)ccc1Cl. The van der Waals surface area contributed by atoms with Gasteiger partial charge in [0, 0.05) is 0 Å². The molecule has 1 aromatic carbocycles. The first kappa shape index (κ1) is 13.8. The number of aliphatic hydroxyl groups is 1. The molecule has 0 saturated heterocycles. The quantitative estimate of drug-likeness (QED) is 0.725. The Morgan fingerprint density at radius 1 is 1.29 bits per heavy atom. The number of rotatable bonds is 7. The highest BCUT2D eigenvalue weighted by molar-refractivity contribution is 6.33. The molecule has 0 aromatic heterocycles. The molecule has 0 heterocycles. The van der Waals surface area contributed by atoms with Gasteiger partial charge in [-0.3, -0.25) is 0 Å². The minimum absolute atomic E-state index is 0.000410. The van der Waals surface area contributed by atoms with E-state index in [4.69, 9.17) is 31.3 Å². The van der Waals surface area contributed by atoms with Gasteiger partial charge in [-0.1, -0.05) is 11.6 Å². The maximum absolute atomic E-state index is 10.8. The van der Waals surface area contributed by atoms with Gasteiger partial charge in [0.15, 0.2) is 0 Å². The van der Waals surface area contributed by atoms with Gasteiger partial charge in [-0.25, -0.2) is 4.79 Å². The zero-order chi connectivity index (χ0) is 12.7. The second-order valence-corrected chi connectivity index (χ2v) is 3.54. The third-order valence-corrected chi connectivity index (χ3v) is 2.23. The van der Waals surface area contributed by atoms with Crippen molar-refractivity contribution in [2.75, 3.05) is 26.4 Å². The molecule has 0 atom stereocenters. The van der Waals surface area contributed by atoms with Crippen LogP contribution in [0.5, 0.6) is 5.75 Å². The molecule has 0 aliphatic rings. The highest BCUT2D eigenvalue weighted by atomic mass is 35.5. The van der Waals surface area contributed by atoms with Crippen LogP contribution in [0.1, 0.15) is 10.4 Å². The lowest BCUT2D eigenvalue weighted by atomic mass is 10.2. The van der Waals surface area contributed by atoms with Crippen molar-refractivity contribution in [1.82, 2.24) is 0 Å². The summed E-state index contributed by atoms with van der Waals surface area (Å²) in [4.78, 5) is 10.8. The molecule has 0 saturated carbocycles. The Bertz CT molecular complexity index is 380. The van der Waals surface area contributed by atoms with Crippen molar-refractivity contribution in [3.05, 3.63) is 28.8 Å². The normalized spacial score (nSPS) is 10.2. The first-order chi connectivity index (χ1) is 8.15. The maximum atomic E-state index is 10.8. The fourth-order valence-corrected chi connectivity index (χ4v) is 1.34. The molecule has 1 aromatic rings. The Labute approximate surface area is 104 Å². The van der Waals surface area contributed by atoms with Crippen LogP contribution in [0.15, 0.2) is 18.2 Å². The second kappa shape index (κ2) is 7.11. The molecule has 2 N–H and O–H groups in total. The minimum atomic E-state index is -1.10. The van der Waals surface area contributed by atoms with Crippen molar-refractivity contribution in [3.63, 3.8) is 0 Å². The number of benzene rings is 1. The molecule has 0 bridgehead atoms. The summed E-state index contributed by atoms with van der Waals surface area (Å²) in [6.07, 6.45) is 0. The lowest BCUT2D eigenvalue weighted by Crippen LogP contribution is -2.09. The number of hydrogen-bond donors (Lipinski definition) is 2. The minimum Gasteiger partial charge on any atom is -0.491 e. The lowest BCUT2D eigenvalue weighted by Gasteiger charge is -2.07. The molecule has 0 unspecified atom stereocenters. The van der Waals surface area contributed by atoms with Crippen molar-refractivity contribution in [3.8, 4) is 5.75 Å². The summed E-state index contributed by atoms with van der Waals surface area (Å²) in [7, 11) is 0. The van der Waals surface area contributed by atoms with Crippen LogP contribution in [-0.4, -0.2) is 42.6 Å². The average Bonchev–Trinajstić information content (AvgIpc) is 2.30. The largest absolute Gasteiger partial charge is 0.491 e. The second-order valence-electron chi connectivity index (χ2n) is 3.13. The molecule has 17 heavy (non-hydrogen) atoms. The summed E-state index contributed by atoms with van der Waals surface area (Å²) < 4.78 is 10.3. The van der Waals surface area contributed by atoms with E-state index in [1.807, 2.05) is 0 Å². The molecular weight excluding hydrogens is 248 g/mol. The standard InChI is InChI=1S/C11H13ClO5/c12-10-2-1-8(7-9(10)11(14)15)17-6-5-16-4-3-13/h1-2,7,13H,3-6H2,(H,14,15). The number of carboxylic acid groups (broad SMARTS) is 1. The van der Waals surface area contributed by atoms with E-state index in [1.54, 1.807) is 6.07 Å². The summed E-state index contributed by atoms with van der Waals surface area (Å²) in [5, 5.41) is 17.5. The number of carboxylic acids is 1. The van der Waals surface area contributed by atoms with Crippen molar-refractivity contribution in [2.45, 2.75) is 0 Å². The maximum Gasteiger partial charge on any atom is 0.337 e. The number of aromatic carboxylic acids is 1. The molecular formula is C11H13ClO5. The third-order valence-electron chi connectivity index (χ3n) is 1.90. The van der Waals surface area contributed by atoms with Gasteiger partial charge >= 0.3 is 5.97 Å². The topological polar surface area (TPSA) is 76.0 Å². The molecule has 6 heteroatoms. The van der Waals surface area contributed by atoms with Crippen molar-refractivity contribution in [2.24, 2.45) is 0 Å². The number of aliphatic hydroxyl groups excluding tert-OH is 1. The van der Waals surface area contributed by atoms with Crippen LogP contribution >= 0.6 is 11.6 Å². The van der Waals surface area contributed by atoms with E-state index in [0.29, 0.717) is 12.4 Å². The predicted octanol–water partition coefficient (Wildman–Crippen LogP) is 1.43. The highest BCUT2D eigenvalue weighted by Crippen LogP contribution is 2.21. The summed E-state index contributed by atoms with van der Waals surface area (Å²) in [6.45, 7) is 0.820. The molecule has 5 nitrogen and oxygen atoms in total. The summed E-state index contributed by atoms with van der Waals surface area (Å²) >= 11 is 5.70. The Kier molecular flexibility index (Phi) is 5.76. The first-order valence-electron chi connectivity index (χ1n) is 4.99. The molecule has 0 fully saturated rings. The molecule has 0 amide bonds. The van der Waals surface area contributed by atoms with Crippen molar-refractivity contribution in [1.29, 1.82) is 0 Å². The van der Waals surface area contributed by atoms with Crippen LogP contribution in [-0.2, 0) is 4.74 Å². The smallest absolute Gasteiger partial charge is 0.337 e. The van der Waals surface area contributed by atoms with Crippen LogP contribution in [0.2, 0.25) is 5.02 Å². The molecule has 94 valence electrons. The fraction of sp³-hybridized carbons (Fsp3) is 0.364. The molecule has 1 rings (SSSR count). The van der Waals surface area contributed by atoms with Crippen LogP contribution in [0.3, 0.4) is 0 Å². The number of carbonyl (C=O) groups is 1. The van der Waals surface area contributed by atoms with Crippen LogP contribution < -0.4 is 4.74 Å². The zero-order valence-electron chi connectivity index (χ0n) is 9.06. The van der Waals surface area contributed by atoms with Gasteiger partial charge in [-0.2, -0.15) is 0 Å². The van der Waals surface area contributed by atoms with E-state index >= 15 is 0 Å². The highest BCUT2D eigenvalue weighted by Gasteiger charge is 2.09. The van der Waals surface area contributed by atoms with Crippen LogP contribution in [0.4, 0.5) is 0 Å². The summed E-state index contributed by atoms with van der Waals surface area (Å²) in [6, 6.07) is 4.41. The van der Waals surface area contributed by atoms with E-state index in [-0.39, 0.29) is 30.4 Å². The lowest BCUT2D eigenvalue weighted by molar-refractivity contribution is 0.0687. The Balaban J connectivity index is 2.49. The monoisotopic (exact) mass is 260 g/mol. The van der Waals surface area contributed by atoms with Gasteiger partial charge < -0.3 is 19.7 Å². The van der Waals surface area contributed by atoms with Crippen molar-refractivity contribution >= 4 is 17.6 Å². The van der Waals surface area contributed by atoms with Crippen LogP contribution in [0, 0.1) is 0 Å². The van der Waals surface area contributed by atoms with E-state index in [0.717, 1.165) is 0 Å². The van der Waals surface area contributed by atoms with Crippen LogP contribution in [0.25, 0.3) is 0 Å². The van der Waals surface area contributed by atoms with Crippen molar-refractivity contribution < 1.29 is 24.5 Å². The predicted molar refractivity (Wildman–Crippen MR) is 61.8 cm³/mol. The van der Waals surface area contributed by atoms with Gasteiger partial charge in [0.05, 0.1) is 30.4 Å². The molecule has 0 aliphatic carbocycles. The van der Waals surface area contributed by atoms with E-state index in [9.17, 15) is 4.79 Å². The number of halogens is 1. The third kappa shape index (κ3) is 4.60. The average molecular weight is 261 g/mol. The fourth-order valence-electron chi connectivity index (χ4n) is 1.14. The van der Waals surface area contributed by atoms with Gasteiger partial charge in [0.2, 0.25) is 0 Å². The summed E-state index contributed by atoms with van der Waals surface area (Å²) in [5.74, 6) is -0.684. The molecule has 0 radical (unpaired) electrons. The summed E-state index contributed by atoms with van der Waals surface area (Å²) in [5.41, 5.74) is 0.000410.